The Bertz CT molecular complexity index is 639. The fourth-order valence-electron chi connectivity index (χ4n) is 2.42. The maximum absolute atomic E-state index is 12.1. The Morgan fingerprint density at radius 1 is 1.08 bits per heavy atom. The topological polar surface area (TPSA) is 79.4 Å². The van der Waals surface area contributed by atoms with E-state index in [9.17, 15) is 14.4 Å². The standard InChI is InChI=1S/C18H25N3O5/c1-19(2)15-6-4-14(5-7-15)18(24)26-13-17(23)20(3)12-16(22)21-8-10-25-11-9-21/h4-7H,8-13H2,1-3H3. The molecule has 0 aliphatic carbocycles. The number of amides is 2. The molecule has 1 heterocycles. The highest BCUT2D eigenvalue weighted by Gasteiger charge is 2.21. The molecule has 0 saturated carbocycles. The zero-order valence-corrected chi connectivity index (χ0v) is 15.4. The minimum absolute atomic E-state index is 0.0477. The minimum Gasteiger partial charge on any atom is -0.452 e. The van der Waals surface area contributed by atoms with Gasteiger partial charge in [-0.15, -0.1) is 0 Å². The molecule has 2 amide bonds. The molecule has 0 bridgehead atoms. The molecule has 0 atom stereocenters. The average molecular weight is 363 g/mol. The van der Waals surface area contributed by atoms with Crippen molar-refractivity contribution in [2.75, 3.05) is 65.5 Å². The van der Waals surface area contributed by atoms with Gasteiger partial charge in [0.15, 0.2) is 6.61 Å². The number of anilines is 1. The number of likely N-dealkylation sites (N-methyl/N-ethyl adjacent to an activating group) is 1. The van der Waals surface area contributed by atoms with E-state index in [2.05, 4.69) is 0 Å². The van der Waals surface area contributed by atoms with Crippen LogP contribution in [0.4, 0.5) is 5.69 Å². The van der Waals surface area contributed by atoms with E-state index in [0.29, 0.717) is 31.9 Å². The number of rotatable bonds is 6. The number of nitrogens with zero attached hydrogens (tertiary/aromatic N) is 3. The summed E-state index contributed by atoms with van der Waals surface area (Å²) in [5.41, 5.74) is 1.33. The van der Waals surface area contributed by atoms with Gasteiger partial charge in [0.1, 0.15) is 0 Å². The normalized spacial score (nSPS) is 13.9. The molecule has 1 fully saturated rings. The third kappa shape index (κ3) is 5.45. The van der Waals surface area contributed by atoms with Crippen LogP contribution in [0.5, 0.6) is 0 Å². The molecule has 2 rings (SSSR count). The summed E-state index contributed by atoms with van der Waals surface area (Å²) in [6, 6.07) is 6.89. The predicted octanol–water partition coefficient (Wildman–Crippen LogP) is 0.227. The van der Waals surface area contributed by atoms with Crippen LogP contribution in [0.15, 0.2) is 24.3 Å². The van der Waals surface area contributed by atoms with E-state index in [1.807, 2.05) is 19.0 Å². The van der Waals surface area contributed by atoms with Crippen LogP contribution in [-0.4, -0.2) is 88.2 Å². The molecule has 0 aromatic heterocycles. The highest BCUT2D eigenvalue weighted by molar-refractivity contribution is 5.92. The Balaban J connectivity index is 1.79. The van der Waals surface area contributed by atoms with E-state index >= 15 is 0 Å². The fraction of sp³-hybridized carbons (Fsp3) is 0.500. The number of benzene rings is 1. The SMILES string of the molecule is CN(CC(=O)N1CCOCC1)C(=O)COC(=O)c1ccc(N(C)C)cc1. The van der Waals surface area contributed by atoms with E-state index in [-0.39, 0.29) is 12.5 Å². The monoisotopic (exact) mass is 363 g/mol. The van der Waals surface area contributed by atoms with Gasteiger partial charge in [0.2, 0.25) is 5.91 Å². The Morgan fingerprint density at radius 3 is 2.27 bits per heavy atom. The molecule has 8 heteroatoms. The number of hydrogen-bond acceptors (Lipinski definition) is 6. The molecule has 0 radical (unpaired) electrons. The summed E-state index contributed by atoms with van der Waals surface area (Å²) in [5.74, 6) is -1.14. The van der Waals surface area contributed by atoms with Crippen LogP contribution in [0.25, 0.3) is 0 Å². The van der Waals surface area contributed by atoms with Gasteiger partial charge in [0.05, 0.1) is 25.3 Å². The third-order valence-corrected chi connectivity index (χ3v) is 4.11. The lowest BCUT2D eigenvalue weighted by atomic mass is 10.2. The van der Waals surface area contributed by atoms with E-state index in [1.54, 1.807) is 29.2 Å². The zero-order chi connectivity index (χ0) is 19.1. The summed E-state index contributed by atoms with van der Waals surface area (Å²) in [7, 11) is 5.32. The quantitative estimate of drug-likeness (QED) is 0.673. The van der Waals surface area contributed by atoms with Crippen LogP contribution in [0.1, 0.15) is 10.4 Å². The van der Waals surface area contributed by atoms with Gasteiger partial charge in [-0.2, -0.15) is 0 Å². The average Bonchev–Trinajstić information content (AvgIpc) is 2.66. The van der Waals surface area contributed by atoms with Crippen molar-refractivity contribution in [1.29, 1.82) is 0 Å². The molecule has 0 N–H and O–H groups in total. The molecule has 8 nitrogen and oxygen atoms in total. The van der Waals surface area contributed by atoms with Crippen LogP contribution in [0.2, 0.25) is 0 Å². The molecule has 142 valence electrons. The van der Waals surface area contributed by atoms with Crippen molar-refractivity contribution < 1.29 is 23.9 Å². The maximum atomic E-state index is 12.1. The highest BCUT2D eigenvalue weighted by atomic mass is 16.5. The Kier molecular flexibility index (Phi) is 6.97. The molecular formula is C18H25N3O5. The lowest BCUT2D eigenvalue weighted by Crippen LogP contribution is -2.46. The number of esters is 1. The van der Waals surface area contributed by atoms with E-state index in [1.165, 1.54) is 11.9 Å². The van der Waals surface area contributed by atoms with Gasteiger partial charge >= 0.3 is 5.97 Å². The Morgan fingerprint density at radius 2 is 1.69 bits per heavy atom. The number of carbonyl (C=O) groups excluding carboxylic acids is 3. The lowest BCUT2D eigenvalue weighted by Gasteiger charge is -2.28. The van der Waals surface area contributed by atoms with Crippen molar-refractivity contribution in [1.82, 2.24) is 9.80 Å². The summed E-state index contributed by atoms with van der Waals surface area (Å²) in [6.07, 6.45) is 0. The van der Waals surface area contributed by atoms with Gasteiger partial charge in [-0.3, -0.25) is 9.59 Å². The second-order valence-corrected chi connectivity index (χ2v) is 6.26. The first-order chi connectivity index (χ1) is 12.4. The summed E-state index contributed by atoms with van der Waals surface area (Å²) in [4.78, 5) is 41.1. The highest BCUT2D eigenvalue weighted by Crippen LogP contribution is 2.13. The lowest BCUT2D eigenvalue weighted by molar-refractivity contribution is -0.143. The maximum Gasteiger partial charge on any atom is 0.338 e. The molecule has 1 aliphatic rings. The van der Waals surface area contributed by atoms with E-state index in [0.717, 1.165) is 5.69 Å². The molecule has 1 aliphatic heterocycles. The first kappa shape index (κ1) is 19.7. The second-order valence-electron chi connectivity index (χ2n) is 6.26. The Labute approximate surface area is 153 Å². The first-order valence-corrected chi connectivity index (χ1v) is 8.42. The number of carbonyl (C=O) groups is 3. The molecule has 26 heavy (non-hydrogen) atoms. The van der Waals surface area contributed by atoms with Crippen molar-refractivity contribution in [3.05, 3.63) is 29.8 Å². The van der Waals surface area contributed by atoms with Crippen LogP contribution in [-0.2, 0) is 19.1 Å². The molecule has 1 aromatic carbocycles. The largest absolute Gasteiger partial charge is 0.452 e. The van der Waals surface area contributed by atoms with Crippen molar-refractivity contribution in [3.8, 4) is 0 Å². The van der Waals surface area contributed by atoms with Crippen molar-refractivity contribution in [2.24, 2.45) is 0 Å². The van der Waals surface area contributed by atoms with Crippen LogP contribution < -0.4 is 4.90 Å². The van der Waals surface area contributed by atoms with Crippen LogP contribution in [0.3, 0.4) is 0 Å². The summed E-state index contributed by atoms with van der Waals surface area (Å²) >= 11 is 0. The summed E-state index contributed by atoms with van der Waals surface area (Å²) in [5, 5.41) is 0. The van der Waals surface area contributed by atoms with Gasteiger partial charge in [0.25, 0.3) is 5.91 Å². The van der Waals surface area contributed by atoms with Gasteiger partial charge in [-0.05, 0) is 24.3 Å². The zero-order valence-electron chi connectivity index (χ0n) is 15.4. The first-order valence-electron chi connectivity index (χ1n) is 8.42. The number of ether oxygens (including phenoxy) is 2. The Hall–Kier alpha value is -2.61. The van der Waals surface area contributed by atoms with Gasteiger partial charge in [0, 0.05) is 39.9 Å². The molecule has 1 aromatic rings. The van der Waals surface area contributed by atoms with Crippen LogP contribution in [0, 0.1) is 0 Å². The van der Waals surface area contributed by atoms with Crippen molar-refractivity contribution in [2.45, 2.75) is 0 Å². The second kappa shape index (κ2) is 9.19. The number of hydrogen-bond donors (Lipinski definition) is 0. The summed E-state index contributed by atoms with van der Waals surface area (Å²) < 4.78 is 10.2. The smallest absolute Gasteiger partial charge is 0.338 e. The fourth-order valence-corrected chi connectivity index (χ4v) is 2.42. The molecule has 0 unspecified atom stereocenters. The third-order valence-electron chi connectivity index (χ3n) is 4.11. The molecular weight excluding hydrogens is 338 g/mol. The van der Waals surface area contributed by atoms with Gasteiger partial charge < -0.3 is 24.2 Å². The summed E-state index contributed by atoms with van der Waals surface area (Å²) in [6.45, 7) is 1.62. The minimum atomic E-state index is -0.573. The van der Waals surface area contributed by atoms with E-state index in [4.69, 9.17) is 9.47 Å². The van der Waals surface area contributed by atoms with E-state index < -0.39 is 18.5 Å². The predicted molar refractivity (Wildman–Crippen MR) is 96.1 cm³/mol. The van der Waals surface area contributed by atoms with Crippen LogP contribution >= 0.6 is 0 Å². The molecule has 1 saturated heterocycles. The number of morpholine rings is 1. The van der Waals surface area contributed by atoms with Gasteiger partial charge in [-0.1, -0.05) is 0 Å². The van der Waals surface area contributed by atoms with Crippen molar-refractivity contribution in [3.63, 3.8) is 0 Å². The van der Waals surface area contributed by atoms with Gasteiger partial charge in [-0.25, -0.2) is 4.79 Å². The molecule has 0 spiro atoms. The van der Waals surface area contributed by atoms with Crippen molar-refractivity contribution >= 4 is 23.5 Å².